The average Bonchev–Trinajstić information content (AvgIpc) is 2.66. The van der Waals surface area contributed by atoms with Gasteiger partial charge in [0.2, 0.25) is 0 Å². The van der Waals surface area contributed by atoms with Gasteiger partial charge in [-0.1, -0.05) is 42.0 Å². The first-order valence-corrected chi connectivity index (χ1v) is 8.53. The Morgan fingerprint density at radius 1 is 0.962 bits per heavy atom. The Kier molecular flexibility index (Phi) is 5.64. The van der Waals surface area contributed by atoms with Crippen molar-refractivity contribution in [2.45, 2.75) is 20.1 Å². The fourth-order valence-corrected chi connectivity index (χ4v) is 2.76. The van der Waals surface area contributed by atoms with E-state index in [9.17, 15) is 5.11 Å². The Balaban J connectivity index is 1.75. The van der Waals surface area contributed by atoms with E-state index in [1.807, 2.05) is 36.4 Å². The van der Waals surface area contributed by atoms with Crippen LogP contribution < -0.4 is 14.8 Å². The Morgan fingerprint density at radius 2 is 1.73 bits per heavy atom. The van der Waals surface area contributed by atoms with Crippen molar-refractivity contribution in [1.29, 1.82) is 0 Å². The highest BCUT2D eigenvalue weighted by Crippen LogP contribution is 2.32. The summed E-state index contributed by atoms with van der Waals surface area (Å²) in [6.45, 7) is 3.14. The lowest BCUT2D eigenvalue weighted by Gasteiger charge is -2.16. The monoisotopic (exact) mass is 349 g/mol. The summed E-state index contributed by atoms with van der Waals surface area (Å²) in [5, 5.41) is 12.7. The van der Waals surface area contributed by atoms with Gasteiger partial charge in [-0.2, -0.15) is 0 Å². The average molecular weight is 349 g/mol. The molecule has 0 aliphatic carbocycles. The molecule has 3 rings (SSSR count). The van der Waals surface area contributed by atoms with E-state index < -0.39 is 0 Å². The molecule has 2 N–H and O–H groups in total. The summed E-state index contributed by atoms with van der Waals surface area (Å²) < 4.78 is 11.6. The van der Waals surface area contributed by atoms with E-state index in [4.69, 9.17) is 9.47 Å². The molecule has 0 radical (unpaired) electrons. The largest absolute Gasteiger partial charge is 0.508 e. The van der Waals surface area contributed by atoms with E-state index in [0.29, 0.717) is 18.9 Å². The molecular weight excluding hydrogens is 326 g/mol. The van der Waals surface area contributed by atoms with E-state index in [1.54, 1.807) is 19.2 Å². The summed E-state index contributed by atoms with van der Waals surface area (Å²) in [6, 6.07) is 21.1. The second kappa shape index (κ2) is 8.30. The molecule has 0 heterocycles. The fraction of sp³-hybridized carbons (Fsp3) is 0.182. The maximum absolute atomic E-state index is 9.39. The normalized spacial score (nSPS) is 10.4. The number of ether oxygens (including phenoxy) is 2. The first-order chi connectivity index (χ1) is 12.7. The lowest BCUT2D eigenvalue weighted by molar-refractivity contribution is 0.281. The van der Waals surface area contributed by atoms with Crippen molar-refractivity contribution < 1.29 is 14.6 Å². The molecule has 0 saturated heterocycles. The summed E-state index contributed by atoms with van der Waals surface area (Å²) in [5.41, 5.74) is 4.26. The van der Waals surface area contributed by atoms with Crippen molar-refractivity contribution in [2.75, 3.05) is 12.4 Å². The maximum Gasteiger partial charge on any atom is 0.166 e. The predicted molar refractivity (Wildman–Crippen MR) is 104 cm³/mol. The number of aromatic hydroxyl groups is 1. The van der Waals surface area contributed by atoms with Gasteiger partial charge in [0.25, 0.3) is 0 Å². The first-order valence-electron chi connectivity index (χ1n) is 8.53. The van der Waals surface area contributed by atoms with Gasteiger partial charge in [-0.25, -0.2) is 0 Å². The van der Waals surface area contributed by atoms with Crippen LogP contribution in [-0.2, 0) is 13.2 Å². The third-order valence-corrected chi connectivity index (χ3v) is 4.10. The minimum absolute atomic E-state index is 0.249. The lowest BCUT2D eigenvalue weighted by Crippen LogP contribution is -2.05. The van der Waals surface area contributed by atoms with Gasteiger partial charge in [-0.05, 0) is 42.8 Å². The molecule has 3 aromatic carbocycles. The van der Waals surface area contributed by atoms with Crippen LogP contribution in [0.15, 0.2) is 66.7 Å². The quantitative estimate of drug-likeness (QED) is 0.596. The zero-order valence-corrected chi connectivity index (χ0v) is 15.0. The Bertz CT molecular complexity index is 860. The van der Waals surface area contributed by atoms with Gasteiger partial charge in [0.1, 0.15) is 12.4 Å². The van der Waals surface area contributed by atoms with Crippen molar-refractivity contribution in [3.05, 3.63) is 83.4 Å². The molecule has 0 aliphatic heterocycles. The maximum atomic E-state index is 9.39. The second-order valence-corrected chi connectivity index (χ2v) is 6.13. The minimum Gasteiger partial charge on any atom is -0.508 e. The van der Waals surface area contributed by atoms with E-state index >= 15 is 0 Å². The van der Waals surface area contributed by atoms with Gasteiger partial charge in [-0.15, -0.1) is 0 Å². The topological polar surface area (TPSA) is 50.7 Å². The van der Waals surface area contributed by atoms with Crippen molar-refractivity contribution >= 4 is 5.69 Å². The Labute approximate surface area is 154 Å². The van der Waals surface area contributed by atoms with Crippen LogP contribution in [0, 0.1) is 6.92 Å². The molecule has 0 spiro atoms. The summed E-state index contributed by atoms with van der Waals surface area (Å²) in [7, 11) is 1.64. The SMILES string of the molecule is COc1cccc(CNc2ccc(O)cc2)c1OCc1cccc(C)c1. The van der Waals surface area contributed by atoms with Crippen LogP contribution in [0.25, 0.3) is 0 Å². The first kappa shape index (κ1) is 17.7. The molecule has 0 amide bonds. The molecular formula is C22H23NO3. The zero-order valence-electron chi connectivity index (χ0n) is 15.0. The number of nitrogens with one attached hydrogen (secondary N) is 1. The molecule has 0 atom stereocenters. The highest BCUT2D eigenvalue weighted by Gasteiger charge is 2.11. The van der Waals surface area contributed by atoms with Crippen LogP contribution in [0.1, 0.15) is 16.7 Å². The third kappa shape index (κ3) is 4.48. The number of aryl methyl sites for hydroxylation is 1. The standard InChI is InChI=1S/C22H23NO3/c1-16-5-3-6-17(13-16)15-26-22-18(7-4-8-21(22)25-2)14-23-19-9-11-20(24)12-10-19/h3-13,23-24H,14-15H2,1-2H3. The number of benzene rings is 3. The van der Waals surface area contributed by atoms with Gasteiger partial charge in [0.05, 0.1) is 7.11 Å². The molecule has 134 valence electrons. The van der Waals surface area contributed by atoms with Crippen molar-refractivity contribution in [3.8, 4) is 17.2 Å². The zero-order chi connectivity index (χ0) is 18.4. The molecule has 0 bridgehead atoms. The van der Waals surface area contributed by atoms with Gasteiger partial charge in [0.15, 0.2) is 11.5 Å². The smallest absolute Gasteiger partial charge is 0.166 e. The number of phenols is 1. The van der Waals surface area contributed by atoms with Crippen LogP contribution in [0.5, 0.6) is 17.2 Å². The van der Waals surface area contributed by atoms with Gasteiger partial charge < -0.3 is 19.9 Å². The minimum atomic E-state index is 0.249. The van der Waals surface area contributed by atoms with Gasteiger partial charge in [0, 0.05) is 17.8 Å². The lowest BCUT2D eigenvalue weighted by atomic mass is 10.1. The number of phenolic OH excluding ortho intramolecular Hbond substituents is 1. The van der Waals surface area contributed by atoms with E-state index in [-0.39, 0.29) is 5.75 Å². The van der Waals surface area contributed by atoms with E-state index in [2.05, 4.69) is 30.4 Å². The second-order valence-electron chi connectivity index (χ2n) is 6.13. The number of para-hydroxylation sites is 1. The van der Waals surface area contributed by atoms with E-state index in [1.165, 1.54) is 5.56 Å². The van der Waals surface area contributed by atoms with E-state index in [0.717, 1.165) is 22.6 Å². The number of rotatable bonds is 7. The molecule has 0 aromatic heterocycles. The van der Waals surface area contributed by atoms with Crippen LogP contribution in [0.2, 0.25) is 0 Å². The molecule has 0 aliphatic rings. The molecule has 4 heteroatoms. The number of hydrogen-bond acceptors (Lipinski definition) is 4. The van der Waals surface area contributed by atoms with Crippen molar-refractivity contribution in [3.63, 3.8) is 0 Å². The predicted octanol–water partition coefficient (Wildman–Crippen LogP) is 4.90. The molecule has 26 heavy (non-hydrogen) atoms. The van der Waals surface area contributed by atoms with Gasteiger partial charge >= 0.3 is 0 Å². The Morgan fingerprint density at radius 3 is 2.46 bits per heavy atom. The summed E-state index contributed by atoms with van der Waals surface area (Å²) >= 11 is 0. The van der Waals surface area contributed by atoms with Crippen LogP contribution in [0.3, 0.4) is 0 Å². The highest BCUT2D eigenvalue weighted by atomic mass is 16.5. The van der Waals surface area contributed by atoms with Crippen molar-refractivity contribution in [1.82, 2.24) is 0 Å². The number of hydrogen-bond donors (Lipinski definition) is 2. The molecule has 0 saturated carbocycles. The Hall–Kier alpha value is -3.14. The molecule has 3 aromatic rings. The highest BCUT2D eigenvalue weighted by molar-refractivity contribution is 5.51. The van der Waals surface area contributed by atoms with Crippen molar-refractivity contribution in [2.24, 2.45) is 0 Å². The fourth-order valence-electron chi connectivity index (χ4n) is 2.76. The third-order valence-electron chi connectivity index (χ3n) is 4.10. The molecule has 0 unspecified atom stereocenters. The van der Waals surface area contributed by atoms with Gasteiger partial charge in [-0.3, -0.25) is 0 Å². The number of methoxy groups -OCH3 is 1. The molecule has 4 nitrogen and oxygen atoms in total. The summed E-state index contributed by atoms with van der Waals surface area (Å²) in [5.74, 6) is 1.70. The molecule has 0 fully saturated rings. The summed E-state index contributed by atoms with van der Waals surface area (Å²) in [6.07, 6.45) is 0. The van der Waals surface area contributed by atoms with Crippen LogP contribution in [0.4, 0.5) is 5.69 Å². The van der Waals surface area contributed by atoms with Crippen LogP contribution in [-0.4, -0.2) is 12.2 Å². The summed E-state index contributed by atoms with van der Waals surface area (Å²) in [4.78, 5) is 0. The number of anilines is 1. The van der Waals surface area contributed by atoms with Crippen LogP contribution >= 0.6 is 0 Å².